The fraction of sp³-hybridized carbons (Fsp3) is 0.107. The molecule has 34 heavy (non-hydrogen) atoms. The van der Waals surface area contributed by atoms with Crippen molar-refractivity contribution in [2.24, 2.45) is 0 Å². The molecule has 3 aliphatic rings. The summed E-state index contributed by atoms with van der Waals surface area (Å²) in [4.78, 5) is 33.2. The van der Waals surface area contributed by atoms with E-state index in [4.69, 9.17) is 4.98 Å². The van der Waals surface area contributed by atoms with Crippen LogP contribution in [0.1, 0.15) is 36.3 Å². The topological polar surface area (TPSA) is 50.3 Å². The maximum atomic E-state index is 13.0. The van der Waals surface area contributed by atoms with E-state index in [1.165, 1.54) is 31.7 Å². The quantitative estimate of drug-likeness (QED) is 0.189. The summed E-state index contributed by atoms with van der Waals surface area (Å²) in [6.07, 6.45) is 4.60. The molecule has 0 saturated heterocycles. The van der Waals surface area contributed by atoms with Gasteiger partial charge in [-0.05, 0) is 0 Å². The Labute approximate surface area is 204 Å². The van der Waals surface area contributed by atoms with Crippen LogP contribution in [0.2, 0.25) is 13.1 Å². The van der Waals surface area contributed by atoms with Gasteiger partial charge in [0.2, 0.25) is 0 Å². The van der Waals surface area contributed by atoms with Crippen molar-refractivity contribution >= 4 is 66.7 Å². The van der Waals surface area contributed by atoms with Gasteiger partial charge in [0.1, 0.15) is 0 Å². The first-order chi connectivity index (χ1) is 16.4. The number of ketones is 2. The number of rotatable bonds is 1. The van der Waals surface area contributed by atoms with Crippen LogP contribution in [0.5, 0.6) is 0 Å². The van der Waals surface area contributed by atoms with Gasteiger partial charge in [-0.2, -0.15) is 0 Å². The fourth-order valence-electron chi connectivity index (χ4n) is 5.59. The summed E-state index contributed by atoms with van der Waals surface area (Å²) in [5.41, 5.74) is 5.23. The van der Waals surface area contributed by atoms with E-state index in [0.717, 1.165) is 16.7 Å². The van der Waals surface area contributed by atoms with Crippen LogP contribution in [-0.4, -0.2) is 39.1 Å². The summed E-state index contributed by atoms with van der Waals surface area (Å²) in [7, 11) is -1.87. The minimum absolute atomic E-state index is 0.0275. The van der Waals surface area contributed by atoms with Crippen molar-refractivity contribution < 1.29 is 9.59 Å². The van der Waals surface area contributed by atoms with Gasteiger partial charge in [0.05, 0.1) is 0 Å². The number of para-hydroxylation sites is 1. The second-order valence-electron chi connectivity index (χ2n) is 9.57. The van der Waals surface area contributed by atoms with Gasteiger partial charge in [-0.3, -0.25) is 0 Å². The molecule has 1 aliphatic carbocycles. The molecular weight excluding hydrogens is 503 g/mol. The average Bonchev–Trinajstić information content (AvgIpc) is 3.35. The molecule has 0 saturated carbocycles. The Kier molecular flexibility index (Phi) is 4.05. The second kappa shape index (κ2) is 6.86. The number of carbonyl (C=O) groups is 2. The van der Waals surface area contributed by atoms with Gasteiger partial charge < -0.3 is 0 Å². The van der Waals surface area contributed by atoms with E-state index in [9.17, 15) is 9.59 Å². The Balaban J connectivity index is 1.40. The molecule has 2 aromatic carbocycles. The van der Waals surface area contributed by atoms with Crippen molar-refractivity contribution in [1.29, 1.82) is 0 Å². The Morgan fingerprint density at radius 1 is 0.912 bits per heavy atom. The summed E-state index contributed by atoms with van der Waals surface area (Å²) in [6, 6.07) is 20.3. The molecule has 0 radical (unpaired) electrons. The summed E-state index contributed by atoms with van der Waals surface area (Å²) >= 11 is -0.0275. The monoisotopic (exact) mass is 524 g/mol. The van der Waals surface area contributed by atoms with Crippen molar-refractivity contribution in [3.63, 3.8) is 0 Å². The Morgan fingerprint density at radius 2 is 1.65 bits per heavy atom. The zero-order valence-electron chi connectivity index (χ0n) is 18.8. The van der Waals surface area contributed by atoms with Crippen molar-refractivity contribution in [1.82, 2.24) is 4.98 Å². The number of benzene rings is 2. The third-order valence-corrected chi connectivity index (χ3v) is 13.1. The molecule has 0 atom stereocenters. The zero-order chi connectivity index (χ0) is 23.2. The third-order valence-electron chi connectivity index (χ3n) is 7.27. The summed E-state index contributed by atoms with van der Waals surface area (Å²) in [6.45, 7) is 4.82. The van der Waals surface area contributed by atoms with E-state index < -0.39 is 8.07 Å². The van der Waals surface area contributed by atoms with Crippen LogP contribution in [0.15, 0.2) is 72.4 Å². The van der Waals surface area contributed by atoms with Crippen molar-refractivity contribution in [2.45, 2.75) is 19.5 Å². The summed E-state index contributed by atoms with van der Waals surface area (Å²) in [5, 5.41) is 2.81. The van der Waals surface area contributed by atoms with Crippen molar-refractivity contribution in [3.05, 3.63) is 99.1 Å². The van der Waals surface area contributed by atoms with Crippen LogP contribution in [0, 0.1) is 0 Å². The van der Waals surface area contributed by atoms with E-state index in [1.807, 2.05) is 30.5 Å². The standard InChI is InChI=1S/C28H20N2O2SeSi/c1-34(2)22-10-5-7-16-13-17-14-18(15-21-25(31)19-8-3-4-9-20(19)26(21)32)33-28(17)30(24(16)22)27-23(34)11-6-12-29-27/h3-12,14-15H,13H2,1-2H3. The number of nitrogens with zero attached hydrogens (tertiary/aromatic N) is 2. The van der Waals surface area contributed by atoms with Gasteiger partial charge in [-0.1, -0.05) is 0 Å². The molecule has 4 aromatic rings. The summed E-state index contributed by atoms with van der Waals surface area (Å²) < 4.78 is 2.34. The third kappa shape index (κ3) is 2.56. The maximum absolute atomic E-state index is 13.0. The summed E-state index contributed by atoms with van der Waals surface area (Å²) in [5.74, 6) is 0.729. The predicted molar refractivity (Wildman–Crippen MR) is 138 cm³/mol. The average molecular weight is 524 g/mol. The van der Waals surface area contributed by atoms with E-state index >= 15 is 0 Å². The van der Waals surface area contributed by atoms with Gasteiger partial charge in [-0.25, -0.2) is 0 Å². The Morgan fingerprint density at radius 3 is 2.41 bits per heavy atom. The molecule has 2 aromatic heterocycles. The number of aromatic nitrogens is 1. The Hall–Kier alpha value is -3.31. The van der Waals surface area contributed by atoms with Gasteiger partial charge in [0.15, 0.2) is 0 Å². The van der Waals surface area contributed by atoms with Crippen LogP contribution in [-0.2, 0) is 6.42 Å². The second-order valence-corrected chi connectivity index (χ2v) is 16.1. The van der Waals surface area contributed by atoms with Crippen LogP contribution in [0.25, 0.3) is 6.08 Å². The molecule has 4 nitrogen and oxygen atoms in total. The molecular formula is C28H20N2O2SeSi. The molecule has 4 heterocycles. The molecule has 0 N–H and O–H groups in total. The van der Waals surface area contributed by atoms with E-state index in [2.05, 4.69) is 48.3 Å². The van der Waals surface area contributed by atoms with E-state index in [1.54, 1.807) is 12.1 Å². The number of hydrogen-bond donors (Lipinski definition) is 0. The molecule has 0 fully saturated rings. The Bertz CT molecular complexity index is 1580. The van der Waals surface area contributed by atoms with E-state index in [-0.39, 0.29) is 31.6 Å². The molecule has 164 valence electrons. The SMILES string of the molecule is C[Si]1(C)c2cccnc2N2c3[se]c(C=C4C(=O)c5ccccc5C4=O)cc3Cc3cccc1c32. The van der Waals surface area contributed by atoms with Crippen LogP contribution in [0.4, 0.5) is 16.1 Å². The number of allylic oxidation sites excluding steroid dienone is 1. The molecule has 7 rings (SSSR count). The number of hydrogen-bond acceptors (Lipinski definition) is 4. The molecule has 6 heteroatoms. The van der Waals surface area contributed by atoms with Crippen LogP contribution in [0.3, 0.4) is 0 Å². The number of Topliss-reactive ketones (excluding diaryl/α,β-unsaturated/α-hetero) is 2. The predicted octanol–water partition coefficient (Wildman–Crippen LogP) is 4.11. The van der Waals surface area contributed by atoms with Crippen LogP contribution < -0.4 is 15.3 Å². The molecule has 0 bridgehead atoms. The first-order valence-electron chi connectivity index (χ1n) is 11.4. The van der Waals surface area contributed by atoms with Gasteiger partial charge in [-0.15, -0.1) is 0 Å². The van der Waals surface area contributed by atoms with Gasteiger partial charge in [0.25, 0.3) is 0 Å². The first kappa shape index (κ1) is 20.1. The first-order valence-corrected chi connectivity index (χ1v) is 16.1. The number of fused-ring (bicyclic) bond motifs is 5. The van der Waals surface area contributed by atoms with Crippen molar-refractivity contribution in [3.8, 4) is 0 Å². The number of carbonyl (C=O) groups excluding carboxylic acids is 2. The zero-order valence-corrected chi connectivity index (χ0v) is 21.5. The molecule has 0 amide bonds. The van der Waals surface area contributed by atoms with Gasteiger partial charge in [0, 0.05) is 0 Å². The van der Waals surface area contributed by atoms with Crippen LogP contribution >= 0.6 is 0 Å². The van der Waals surface area contributed by atoms with Crippen molar-refractivity contribution in [2.75, 3.05) is 4.90 Å². The number of pyridine rings is 1. The minimum atomic E-state index is -1.87. The normalized spacial score (nSPS) is 16.6. The number of anilines is 3. The van der Waals surface area contributed by atoms with E-state index in [0.29, 0.717) is 11.1 Å². The van der Waals surface area contributed by atoms with Gasteiger partial charge >= 0.3 is 205 Å². The molecule has 2 aliphatic heterocycles. The molecule has 0 unspecified atom stereocenters. The molecule has 0 spiro atoms. The fourth-order valence-corrected chi connectivity index (χ4v) is 10.9.